The van der Waals surface area contributed by atoms with E-state index in [1.807, 2.05) is 41.5 Å². The number of fused-ring (bicyclic) bond motifs is 1. The first-order valence-electron chi connectivity index (χ1n) is 7.10. The second-order valence-electron chi connectivity index (χ2n) is 5.28. The Morgan fingerprint density at radius 1 is 1.29 bits per heavy atom. The van der Waals surface area contributed by atoms with Crippen molar-refractivity contribution >= 4 is 27.3 Å². The highest BCUT2D eigenvalue weighted by Crippen LogP contribution is 2.27. The van der Waals surface area contributed by atoms with Crippen molar-refractivity contribution in [1.82, 2.24) is 9.80 Å². The van der Waals surface area contributed by atoms with Gasteiger partial charge in [0.2, 0.25) is 0 Å². The molecule has 1 fully saturated rings. The summed E-state index contributed by atoms with van der Waals surface area (Å²) in [5, 5.41) is 12.0. The van der Waals surface area contributed by atoms with Gasteiger partial charge in [0, 0.05) is 41.6 Å². The fourth-order valence-electron chi connectivity index (χ4n) is 2.71. The number of carbonyl (C=O) groups is 1. The predicted octanol–water partition coefficient (Wildman–Crippen LogP) is 2.57. The highest BCUT2D eigenvalue weighted by molar-refractivity contribution is 7.17. The van der Waals surface area contributed by atoms with E-state index in [9.17, 15) is 4.79 Å². The van der Waals surface area contributed by atoms with Gasteiger partial charge in [-0.05, 0) is 13.0 Å². The molecular formula is C16H17N3OS. The van der Waals surface area contributed by atoms with Crippen LogP contribution in [0.5, 0.6) is 0 Å². The van der Waals surface area contributed by atoms with E-state index in [1.165, 1.54) is 0 Å². The van der Waals surface area contributed by atoms with Crippen molar-refractivity contribution in [3.05, 3.63) is 35.2 Å². The number of carbonyl (C=O) groups excluding carboxylic acids is 1. The maximum Gasteiger partial charge on any atom is 0.255 e. The summed E-state index contributed by atoms with van der Waals surface area (Å²) < 4.78 is 1.15. The molecule has 0 aliphatic carbocycles. The third-order valence-corrected chi connectivity index (χ3v) is 5.01. The zero-order chi connectivity index (χ0) is 14.8. The van der Waals surface area contributed by atoms with E-state index in [-0.39, 0.29) is 11.9 Å². The van der Waals surface area contributed by atoms with Crippen molar-refractivity contribution in [2.24, 2.45) is 0 Å². The maximum absolute atomic E-state index is 12.7. The minimum Gasteiger partial charge on any atom is -0.336 e. The van der Waals surface area contributed by atoms with E-state index >= 15 is 0 Å². The Labute approximate surface area is 128 Å². The summed E-state index contributed by atoms with van der Waals surface area (Å²) in [6, 6.07) is 10.2. The molecule has 108 valence electrons. The Kier molecular flexibility index (Phi) is 3.91. The molecule has 5 heteroatoms. The molecule has 0 N–H and O–H groups in total. The Hall–Kier alpha value is -1.90. The van der Waals surface area contributed by atoms with E-state index in [0.29, 0.717) is 13.1 Å². The van der Waals surface area contributed by atoms with Crippen LogP contribution in [0.2, 0.25) is 0 Å². The molecule has 1 unspecified atom stereocenters. The van der Waals surface area contributed by atoms with E-state index in [1.54, 1.807) is 11.3 Å². The van der Waals surface area contributed by atoms with Crippen molar-refractivity contribution in [3.8, 4) is 6.07 Å². The molecule has 1 atom stereocenters. The number of benzene rings is 1. The first kappa shape index (κ1) is 14.1. The lowest BCUT2D eigenvalue weighted by molar-refractivity contribution is 0.0618. The second-order valence-corrected chi connectivity index (χ2v) is 6.19. The largest absolute Gasteiger partial charge is 0.336 e. The van der Waals surface area contributed by atoms with Crippen LogP contribution in [0.4, 0.5) is 0 Å². The molecule has 21 heavy (non-hydrogen) atoms. The summed E-state index contributed by atoms with van der Waals surface area (Å²) in [6.07, 6.45) is 0. The molecule has 0 radical (unpaired) electrons. The highest BCUT2D eigenvalue weighted by atomic mass is 32.1. The monoisotopic (exact) mass is 299 g/mol. The molecule has 0 spiro atoms. The lowest BCUT2D eigenvalue weighted by Gasteiger charge is -2.35. The predicted molar refractivity (Wildman–Crippen MR) is 84.4 cm³/mol. The fraction of sp³-hybridized carbons (Fsp3) is 0.375. The highest BCUT2D eigenvalue weighted by Gasteiger charge is 2.25. The van der Waals surface area contributed by atoms with Gasteiger partial charge in [-0.3, -0.25) is 9.69 Å². The summed E-state index contributed by atoms with van der Waals surface area (Å²) in [5.41, 5.74) is 0.803. The quantitative estimate of drug-likeness (QED) is 0.856. The van der Waals surface area contributed by atoms with Gasteiger partial charge in [-0.15, -0.1) is 11.3 Å². The fourth-order valence-corrected chi connectivity index (χ4v) is 3.64. The minimum absolute atomic E-state index is 0.0794. The lowest BCUT2D eigenvalue weighted by atomic mass is 10.1. The van der Waals surface area contributed by atoms with Gasteiger partial charge in [-0.1, -0.05) is 18.2 Å². The second kappa shape index (κ2) is 5.84. The number of piperazine rings is 1. The molecule has 2 heterocycles. The van der Waals surface area contributed by atoms with Gasteiger partial charge in [0.05, 0.1) is 17.7 Å². The van der Waals surface area contributed by atoms with Gasteiger partial charge in [0.1, 0.15) is 0 Å². The van der Waals surface area contributed by atoms with Gasteiger partial charge in [-0.25, -0.2) is 0 Å². The zero-order valence-electron chi connectivity index (χ0n) is 12.0. The summed E-state index contributed by atoms with van der Waals surface area (Å²) in [4.78, 5) is 16.7. The number of rotatable bonds is 2. The topological polar surface area (TPSA) is 47.3 Å². The Morgan fingerprint density at radius 3 is 2.71 bits per heavy atom. The van der Waals surface area contributed by atoms with E-state index in [4.69, 9.17) is 5.26 Å². The molecule has 3 rings (SSSR count). The van der Waals surface area contributed by atoms with Gasteiger partial charge in [0.15, 0.2) is 0 Å². The Bertz CT molecular complexity index is 695. The molecule has 1 aromatic heterocycles. The Morgan fingerprint density at radius 2 is 2.00 bits per heavy atom. The van der Waals surface area contributed by atoms with E-state index in [0.717, 1.165) is 28.7 Å². The summed E-state index contributed by atoms with van der Waals surface area (Å²) in [7, 11) is 0. The minimum atomic E-state index is -0.0794. The van der Waals surface area contributed by atoms with Gasteiger partial charge < -0.3 is 4.90 Å². The Balaban J connectivity index is 1.74. The SMILES string of the molecule is CC(C#N)N1CCN(C(=O)c2csc3ccccc23)CC1. The normalized spacial score (nSPS) is 17.6. The molecular weight excluding hydrogens is 282 g/mol. The van der Waals surface area contributed by atoms with Gasteiger partial charge >= 0.3 is 0 Å². The van der Waals surface area contributed by atoms with Crippen LogP contribution in [-0.2, 0) is 0 Å². The van der Waals surface area contributed by atoms with Crippen molar-refractivity contribution in [1.29, 1.82) is 5.26 Å². The molecule has 1 amide bonds. The molecule has 0 saturated carbocycles. The van der Waals surface area contributed by atoms with Crippen LogP contribution >= 0.6 is 11.3 Å². The zero-order valence-corrected chi connectivity index (χ0v) is 12.8. The van der Waals surface area contributed by atoms with Gasteiger partial charge in [-0.2, -0.15) is 5.26 Å². The van der Waals surface area contributed by atoms with Crippen LogP contribution in [0.15, 0.2) is 29.6 Å². The van der Waals surface area contributed by atoms with Crippen molar-refractivity contribution < 1.29 is 4.79 Å². The maximum atomic E-state index is 12.7. The molecule has 2 aromatic rings. The summed E-state index contributed by atoms with van der Waals surface area (Å²) in [5.74, 6) is 0.108. The number of nitrogens with zero attached hydrogens (tertiary/aromatic N) is 3. The standard InChI is InChI=1S/C16H17N3OS/c1-12(10-17)18-6-8-19(9-7-18)16(20)14-11-21-15-5-3-2-4-13(14)15/h2-5,11-12H,6-9H2,1H3. The smallest absolute Gasteiger partial charge is 0.255 e. The number of nitriles is 1. The number of hydrogen-bond acceptors (Lipinski definition) is 4. The average Bonchev–Trinajstić information content (AvgIpc) is 2.97. The van der Waals surface area contributed by atoms with Crippen LogP contribution < -0.4 is 0 Å². The molecule has 1 saturated heterocycles. The first-order chi connectivity index (χ1) is 10.2. The van der Waals surface area contributed by atoms with Crippen LogP contribution in [0.25, 0.3) is 10.1 Å². The van der Waals surface area contributed by atoms with Crippen LogP contribution in [0, 0.1) is 11.3 Å². The van der Waals surface area contributed by atoms with Crippen molar-refractivity contribution in [2.45, 2.75) is 13.0 Å². The van der Waals surface area contributed by atoms with Crippen LogP contribution in [0.1, 0.15) is 17.3 Å². The first-order valence-corrected chi connectivity index (χ1v) is 7.98. The third kappa shape index (κ3) is 2.65. The van der Waals surface area contributed by atoms with Gasteiger partial charge in [0.25, 0.3) is 5.91 Å². The number of amides is 1. The molecule has 1 aliphatic rings. The summed E-state index contributed by atoms with van der Waals surface area (Å²) >= 11 is 1.61. The number of hydrogen-bond donors (Lipinski definition) is 0. The van der Waals surface area contributed by atoms with E-state index in [2.05, 4.69) is 11.0 Å². The van der Waals surface area contributed by atoms with Crippen LogP contribution in [0.3, 0.4) is 0 Å². The lowest BCUT2D eigenvalue weighted by Crippen LogP contribution is -2.51. The van der Waals surface area contributed by atoms with E-state index < -0.39 is 0 Å². The van der Waals surface area contributed by atoms with Crippen LogP contribution in [-0.4, -0.2) is 47.9 Å². The third-order valence-electron chi connectivity index (χ3n) is 4.05. The molecule has 1 aliphatic heterocycles. The molecule has 4 nitrogen and oxygen atoms in total. The molecule has 0 bridgehead atoms. The summed E-state index contributed by atoms with van der Waals surface area (Å²) in [6.45, 7) is 4.82. The molecule has 1 aromatic carbocycles. The van der Waals surface area contributed by atoms with Crippen molar-refractivity contribution in [2.75, 3.05) is 26.2 Å². The average molecular weight is 299 g/mol. The van der Waals surface area contributed by atoms with Crippen molar-refractivity contribution in [3.63, 3.8) is 0 Å². The number of thiophene rings is 1.